The molecular formula is C66H48BCl2CoF20N6. The molecule has 10 aromatic rings. The minimum atomic E-state index is -7.22. The van der Waals surface area contributed by atoms with Gasteiger partial charge in [0.15, 0.2) is 69.8 Å². The molecule has 96 heavy (non-hydrogen) atoms. The van der Waals surface area contributed by atoms with Gasteiger partial charge < -0.3 is 59.2 Å². The second kappa shape index (κ2) is 34.6. The van der Waals surface area contributed by atoms with E-state index in [4.69, 9.17) is 34.4 Å². The van der Waals surface area contributed by atoms with Gasteiger partial charge in [-0.1, -0.05) is 182 Å². The molecule has 10 rings (SSSR count). The molecule has 0 saturated carbocycles. The van der Waals surface area contributed by atoms with E-state index in [0.717, 1.165) is 33.4 Å². The van der Waals surface area contributed by atoms with E-state index in [2.05, 4.69) is 0 Å². The minimum absolute atomic E-state index is 0. The number of hydrogen-bond donors (Lipinski definition) is 6. The largest absolute Gasteiger partial charge is 3.00 e. The van der Waals surface area contributed by atoms with Gasteiger partial charge in [0, 0.05) is 36.3 Å². The summed E-state index contributed by atoms with van der Waals surface area (Å²) < 4.78 is 294. The normalized spacial score (nSPS) is 12.8. The predicted octanol–water partition coefficient (Wildman–Crippen LogP) is 7.01. The molecule has 0 saturated heterocycles. The molecule has 6 atom stereocenters. The zero-order valence-corrected chi connectivity index (χ0v) is 51.0. The maximum Gasteiger partial charge on any atom is 3.00 e. The van der Waals surface area contributed by atoms with Crippen molar-refractivity contribution in [2.75, 3.05) is 0 Å². The summed E-state index contributed by atoms with van der Waals surface area (Å²) in [5.41, 5.74) is 29.0. The summed E-state index contributed by atoms with van der Waals surface area (Å²) in [7, 11) is 0. The fraction of sp³-hybridized carbons (Fsp3) is 0.0909. The number of nitrogens with two attached hydrogens (primary N) is 6. The van der Waals surface area contributed by atoms with Crippen LogP contribution in [0.2, 0.25) is 0 Å². The summed E-state index contributed by atoms with van der Waals surface area (Å²) >= 11 is 0. The van der Waals surface area contributed by atoms with Gasteiger partial charge in [-0.05, 0) is 33.4 Å². The second-order valence-electron chi connectivity index (χ2n) is 20.4. The third kappa shape index (κ3) is 16.1. The van der Waals surface area contributed by atoms with Crippen LogP contribution in [-0.2, 0) is 16.8 Å². The Bertz CT molecular complexity index is 3520. The van der Waals surface area contributed by atoms with Crippen molar-refractivity contribution >= 4 is 28.0 Å². The Morgan fingerprint density at radius 1 is 0.177 bits per heavy atom. The first kappa shape index (κ1) is 80.1. The quantitative estimate of drug-likeness (QED) is 0.0316. The molecule has 0 aromatic heterocycles. The average molecular weight is 1450 g/mol. The first-order valence-corrected chi connectivity index (χ1v) is 27.1. The molecule has 0 bridgehead atoms. The van der Waals surface area contributed by atoms with Gasteiger partial charge in [-0.15, -0.1) is 21.9 Å². The maximum atomic E-state index is 15.4. The number of halogens is 22. The summed E-state index contributed by atoms with van der Waals surface area (Å²) in [4.78, 5) is 0. The number of benzene rings is 10. The van der Waals surface area contributed by atoms with Crippen LogP contribution in [0.15, 0.2) is 182 Å². The van der Waals surface area contributed by atoms with Crippen LogP contribution in [0.4, 0.5) is 87.8 Å². The fourth-order valence-corrected chi connectivity index (χ4v) is 10.2. The van der Waals surface area contributed by atoms with E-state index in [9.17, 15) is 52.7 Å². The number of hydrogen-bond acceptors (Lipinski definition) is 6. The molecule has 0 spiro atoms. The molecule has 0 fully saturated rings. The van der Waals surface area contributed by atoms with Gasteiger partial charge in [-0.25, -0.2) is 87.8 Å². The minimum Gasteiger partial charge on any atom is -1.00 e. The van der Waals surface area contributed by atoms with E-state index in [0.29, 0.717) is 0 Å². The summed E-state index contributed by atoms with van der Waals surface area (Å²) in [5.74, 6) is -71.4. The Hall–Kier alpha value is -8.29. The van der Waals surface area contributed by atoms with Crippen LogP contribution >= 0.6 is 0 Å². The Kier molecular flexibility index (Phi) is 28.9. The molecule has 30 heteroatoms. The molecule has 6 nitrogen and oxygen atoms in total. The fourth-order valence-electron chi connectivity index (χ4n) is 10.2. The molecule has 0 aliphatic heterocycles. The maximum absolute atomic E-state index is 15.4. The molecule has 0 heterocycles. The van der Waals surface area contributed by atoms with Crippen molar-refractivity contribution in [2.45, 2.75) is 36.3 Å². The average Bonchev–Trinajstić information content (AvgIpc) is 0.682. The third-order valence-corrected chi connectivity index (χ3v) is 15.0. The molecule has 10 aromatic carbocycles. The van der Waals surface area contributed by atoms with Crippen LogP contribution in [0.3, 0.4) is 0 Å². The van der Waals surface area contributed by atoms with E-state index in [-0.39, 0.29) is 77.8 Å². The van der Waals surface area contributed by atoms with E-state index in [1.54, 1.807) is 0 Å². The molecule has 6 unspecified atom stereocenters. The van der Waals surface area contributed by atoms with Crippen molar-refractivity contribution in [2.24, 2.45) is 34.4 Å². The SMILES string of the molecule is Fc1c(F)c(F)c([B-](c2c(F)c(F)c(F)c(F)c2F)(c2c(F)c(F)c(F)c(F)c2F)c2c(F)c(F)c(F)c(F)c2F)c(F)c1F.NC(c1ccccc1)C(N)c1ccccc1.NC(c1ccccc1)C(N)c1ccccc1.NC(c1ccccc1)C(N)c1ccccc1.[Cl-].[Cl-].[Co+3]. The van der Waals surface area contributed by atoms with Crippen LogP contribution in [0.5, 0.6) is 0 Å². The summed E-state index contributed by atoms with van der Waals surface area (Å²) in [6, 6.07) is 58.7. The molecule has 0 amide bonds. The van der Waals surface area contributed by atoms with Crippen molar-refractivity contribution in [3.8, 4) is 0 Å². The third-order valence-electron chi connectivity index (χ3n) is 15.0. The van der Waals surface area contributed by atoms with E-state index >= 15 is 35.1 Å². The van der Waals surface area contributed by atoms with Crippen LogP contribution in [-0.4, -0.2) is 6.15 Å². The summed E-state index contributed by atoms with van der Waals surface area (Å²) in [6.45, 7) is 0. The van der Waals surface area contributed by atoms with Gasteiger partial charge in [-0.3, -0.25) is 0 Å². The smallest absolute Gasteiger partial charge is 1.00 e. The summed E-state index contributed by atoms with van der Waals surface area (Å²) in [5, 5.41) is 0. The van der Waals surface area contributed by atoms with Gasteiger partial charge in [0.05, 0.1) is 0 Å². The zero-order valence-electron chi connectivity index (χ0n) is 48.5. The number of rotatable bonds is 13. The first-order chi connectivity index (χ1) is 44.1. The Morgan fingerprint density at radius 3 is 0.375 bits per heavy atom. The molecule has 12 N–H and O–H groups in total. The second-order valence-corrected chi connectivity index (χ2v) is 20.4. The molecule has 508 valence electrons. The molecule has 0 radical (unpaired) electrons. The van der Waals surface area contributed by atoms with E-state index in [1.807, 2.05) is 182 Å². The van der Waals surface area contributed by atoms with Crippen molar-refractivity contribution in [3.05, 3.63) is 332 Å². The van der Waals surface area contributed by atoms with Gasteiger partial charge in [0.1, 0.15) is 52.7 Å². The Morgan fingerprint density at radius 2 is 0.271 bits per heavy atom. The van der Waals surface area contributed by atoms with Crippen molar-refractivity contribution < 1.29 is 129 Å². The van der Waals surface area contributed by atoms with Crippen molar-refractivity contribution in [3.63, 3.8) is 0 Å². The monoisotopic (exact) mass is 1440 g/mol. The standard InChI is InChI=1S/C24BF20.3C14H16N2.2ClH.Co/c26-5-1(6(27)14(35)21(42)13(5)34)25(2-7(28)15(36)22(43)16(37)8(2)29,3-9(30)17(38)23(44)18(39)10(3)31)4-11(32)19(40)24(45)20(41)12(4)33;3*15-13(11-7-3-1-4-8-11)14(16)12-9-5-2-6-10-12;;;/h;3*1-10,13-14H,15-16H2;2*1H;/q-1;;;;;;+3/p-2. The van der Waals surface area contributed by atoms with Crippen molar-refractivity contribution in [1.29, 1.82) is 0 Å². The Labute approximate surface area is 557 Å². The Balaban J connectivity index is 0.000000313. The van der Waals surface area contributed by atoms with Gasteiger partial charge in [-0.2, -0.15) is 0 Å². The topological polar surface area (TPSA) is 156 Å². The molecular weight excluding hydrogens is 1400 g/mol. The van der Waals surface area contributed by atoms with E-state index < -0.39 is 144 Å². The van der Waals surface area contributed by atoms with Crippen LogP contribution in [0.25, 0.3) is 0 Å². The van der Waals surface area contributed by atoms with Crippen molar-refractivity contribution in [1.82, 2.24) is 0 Å². The zero-order chi connectivity index (χ0) is 68.5. The van der Waals surface area contributed by atoms with E-state index in [1.165, 1.54) is 0 Å². The predicted molar refractivity (Wildman–Crippen MR) is 309 cm³/mol. The first-order valence-electron chi connectivity index (χ1n) is 27.1. The van der Waals surface area contributed by atoms with Gasteiger partial charge in [0.25, 0.3) is 0 Å². The van der Waals surface area contributed by atoms with Crippen LogP contribution in [0, 0.1) is 116 Å². The van der Waals surface area contributed by atoms with Crippen LogP contribution in [0.1, 0.15) is 69.6 Å². The molecule has 0 aliphatic carbocycles. The van der Waals surface area contributed by atoms with Crippen LogP contribution < -0.4 is 81.1 Å². The molecule has 0 aliphatic rings. The van der Waals surface area contributed by atoms with Gasteiger partial charge >= 0.3 is 16.8 Å². The summed E-state index contributed by atoms with van der Waals surface area (Å²) in [6.07, 6.45) is -7.22. The van der Waals surface area contributed by atoms with Gasteiger partial charge in [0.2, 0.25) is 0 Å².